The zero-order chi connectivity index (χ0) is 22.5. The molecule has 1 saturated heterocycles. The SMILES string of the molecule is COc1ccc2cc([C@H](C)C(=O)NC[C@@H](c3ccc(F)cc3)N3CCOCC3)ccc2c1. The number of benzene rings is 3. The number of rotatable bonds is 7. The van der Waals surface area contributed by atoms with Crippen LogP contribution >= 0.6 is 0 Å². The Bertz CT molecular complexity index is 1060. The molecular formula is C26H29FN2O3. The summed E-state index contributed by atoms with van der Waals surface area (Å²) in [6, 6.07) is 18.5. The van der Waals surface area contributed by atoms with E-state index in [0.717, 1.165) is 40.7 Å². The topological polar surface area (TPSA) is 50.8 Å². The van der Waals surface area contributed by atoms with Crippen molar-refractivity contribution in [1.82, 2.24) is 10.2 Å². The Morgan fingerprint density at radius 1 is 1.03 bits per heavy atom. The minimum atomic E-state index is -0.292. The molecule has 0 aromatic heterocycles. The lowest BCUT2D eigenvalue weighted by atomic mass is 9.96. The van der Waals surface area contributed by atoms with Gasteiger partial charge in [0, 0.05) is 19.6 Å². The molecule has 1 heterocycles. The zero-order valence-electron chi connectivity index (χ0n) is 18.5. The number of nitrogens with one attached hydrogen (secondary N) is 1. The Kier molecular flexibility index (Phi) is 7.02. The fourth-order valence-corrected chi connectivity index (χ4v) is 4.17. The summed E-state index contributed by atoms with van der Waals surface area (Å²) in [5, 5.41) is 5.27. The van der Waals surface area contributed by atoms with E-state index in [0.29, 0.717) is 19.8 Å². The molecule has 6 heteroatoms. The third-order valence-electron chi connectivity index (χ3n) is 6.18. The van der Waals surface area contributed by atoms with E-state index in [4.69, 9.17) is 9.47 Å². The van der Waals surface area contributed by atoms with Crippen LogP contribution in [0.1, 0.15) is 30.0 Å². The molecule has 1 aliphatic heterocycles. The number of ether oxygens (including phenoxy) is 2. The molecule has 0 unspecified atom stereocenters. The van der Waals surface area contributed by atoms with Crippen LogP contribution in [0.3, 0.4) is 0 Å². The summed E-state index contributed by atoms with van der Waals surface area (Å²) in [6.45, 7) is 5.25. The normalized spacial score (nSPS) is 16.5. The first-order valence-electron chi connectivity index (χ1n) is 11.0. The van der Waals surface area contributed by atoms with Crippen molar-refractivity contribution in [3.63, 3.8) is 0 Å². The van der Waals surface area contributed by atoms with Gasteiger partial charge in [0.15, 0.2) is 0 Å². The molecule has 32 heavy (non-hydrogen) atoms. The molecule has 0 spiro atoms. The lowest BCUT2D eigenvalue weighted by Gasteiger charge is -2.35. The lowest BCUT2D eigenvalue weighted by Crippen LogP contribution is -2.44. The zero-order valence-corrected chi connectivity index (χ0v) is 18.5. The highest BCUT2D eigenvalue weighted by molar-refractivity contribution is 5.88. The highest BCUT2D eigenvalue weighted by atomic mass is 19.1. The molecule has 2 atom stereocenters. The van der Waals surface area contributed by atoms with Gasteiger partial charge in [-0.15, -0.1) is 0 Å². The van der Waals surface area contributed by atoms with Crippen LogP contribution in [0.4, 0.5) is 4.39 Å². The Labute approximate surface area is 188 Å². The minimum absolute atomic E-state index is 0.0280. The van der Waals surface area contributed by atoms with Crippen molar-refractivity contribution in [2.24, 2.45) is 0 Å². The third-order valence-corrected chi connectivity index (χ3v) is 6.18. The van der Waals surface area contributed by atoms with E-state index in [1.54, 1.807) is 19.2 Å². The maximum absolute atomic E-state index is 13.4. The van der Waals surface area contributed by atoms with Crippen LogP contribution in [0.15, 0.2) is 60.7 Å². The molecule has 3 aromatic rings. The largest absolute Gasteiger partial charge is 0.497 e. The molecule has 1 fully saturated rings. The van der Waals surface area contributed by atoms with Gasteiger partial charge in [0.2, 0.25) is 5.91 Å². The first-order chi connectivity index (χ1) is 15.5. The van der Waals surface area contributed by atoms with Crippen molar-refractivity contribution in [2.75, 3.05) is 40.0 Å². The van der Waals surface area contributed by atoms with Gasteiger partial charge in [0.05, 0.1) is 32.3 Å². The maximum Gasteiger partial charge on any atom is 0.227 e. The van der Waals surface area contributed by atoms with Gasteiger partial charge in [-0.25, -0.2) is 4.39 Å². The molecule has 0 saturated carbocycles. The van der Waals surface area contributed by atoms with E-state index in [1.807, 2.05) is 37.3 Å². The molecule has 1 amide bonds. The summed E-state index contributed by atoms with van der Waals surface area (Å²) in [7, 11) is 1.65. The van der Waals surface area contributed by atoms with E-state index in [9.17, 15) is 9.18 Å². The van der Waals surface area contributed by atoms with E-state index in [2.05, 4.69) is 16.3 Å². The van der Waals surface area contributed by atoms with Crippen LogP contribution in [0.5, 0.6) is 5.75 Å². The second kappa shape index (κ2) is 10.1. The van der Waals surface area contributed by atoms with Crippen LogP contribution in [-0.2, 0) is 9.53 Å². The molecular weight excluding hydrogens is 407 g/mol. The Morgan fingerprint density at radius 2 is 1.69 bits per heavy atom. The number of halogens is 1. The monoisotopic (exact) mass is 436 g/mol. The van der Waals surface area contributed by atoms with E-state index in [1.165, 1.54) is 12.1 Å². The Hall–Kier alpha value is -2.96. The molecule has 5 nitrogen and oxygen atoms in total. The van der Waals surface area contributed by atoms with Gasteiger partial charge >= 0.3 is 0 Å². The first-order valence-corrected chi connectivity index (χ1v) is 11.0. The average Bonchev–Trinajstić information content (AvgIpc) is 2.84. The summed E-state index contributed by atoms with van der Waals surface area (Å²) in [4.78, 5) is 15.3. The van der Waals surface area contributed by atoms with Gasteiger partial charge in [-0.2, -0.15) is 0 Å². The van der Waals surface area contributed by atoms with Gasteiger partial charge < -0.3 is 14.8 Å². The van der Waals surface area contributed by atoms with Crippen LogP contribution < -0.4 is 10.1 Å². The fraction of sp³-hybridized carbons (Fsp3) is 0.346. The molecule has 0 bridgehead atoms. The van der Waals surface area contributed by atoms with Gasteiger partial charge in [0.25, 0.3) is 0 Å². The van der Waals surface area contributed by atoms with Crippen LogP contribution in [0, 0.1) is 5.82 Å². The number of fused-ring (bicyclic) bond motifs is 1. The van der Waals surface area contributed by atoms with Crippen LogP contribution in [-0.4, -0.2) is 50.8 Å². The van der Waals surface area contributed by atoms with Crippen LogP contribution in [0.25, 0.3) is 10.8 Å². The first kappa shape index (κ1) is 22.2. The molecule has 3 aromatic carbocycles. The number of hydrogen-bond donors (Lipinski definition) is 1. The molecule has 1 aliphatic rings. The maximum atomic E-state index is 13.4. The minimum Gasteiger partial charge on any atom is -0.497 e. The lowest BCUT2D eigenvalue weighted by molar-refractivity contribution is -0.122. The molecule has 0 radical (unpaired) electrons. The van der Waals surface area contributed by atoms with Gasteiger partial charge in [-0.1, -0.05) is 36.4 Å². The van der Waals surface area contributed by atoms with Gasteiger partial charge in [-0.3, -0.25) is 9.69 Å². The third kappa shape index (κ3) is 5.09. The summed E-state index contributed by atoms with van der Waals surface area (Å²) < 4.78 is 24.2. The van der Waals surface area contributed by atoms with Crippen molar-refractivity contribution in [3.8, 4) is 5.75 Å². The van der Waals surface area contributed by atoms with Crippen molar-refractivity contribution >= 4 is 16.7 Å². The van der Waals surface area contributed by atoms with E-state index >= 15 is 0 Å². The quantitative estimate of drug-likeness (QED) is 0.601. The van der Waals surface area contributed by atoms with Gasteiger partial charge in [-0.05, 0) is 53.1 Å². The summed E-state index contributed by atoms with van der Waals surface area (Å²) in [6.07, 6.45) is 0. The molecule has 0 aliphatic carbocycles. The number of morpholine rings is 1. The summed E-state index contributed by atoms with van der Waals surface area (Å²) in [5.41, 5.74) is 1.95. The molecule has 168 valence electrons. The predicted molar refractivity (Wildman–Crippen MR) is 123 cm³/mol. The van der Waals surface area contributed by atoms with Crippen molar-refractivity contribution in [1.29, 1.82) is 0 Å². The van der Waals surface area contributed by atoms with Crippen molar-refractivity contribution in [2.45, 2.75) is 18.9 Å². The van der Waals surface area contributed by atoms with Crippen molar-refractivity contribution in [3.05, 3.63) is 77.6 Å². The number of methoxy groups -OCH3 is 1. The highest BCUT2D eigenvalue weighted by Gasteiger charge is 2.24. The second-order valence-electron chi connectivity index (χ2n) is 8.16. The number of carbonyl (C=O) groups is 1. The van der Waals surface area contributed by atoms with E-state index < -0.39 is 0 Å². The number of amides is 1. The number of carbonyl (C=O) groups excluding carboxylic acids is 1. The smallest absolute Gasteiger partial charge is 0.227 e. The molecule has 4 rings (SSSR count). The Balaban J connectivity index is 1.47. The van der Waals surface area contributed by atoms with Crippen molar-refractivity contribution < 1.29 is 18.7 Å². The standard InChI is InChI=1S/C26H29FN2O3/c1-18(20-3-4-22-16-24(31-2)10-7-21(22)15-20)26(30)28-17-25(29-11-13-32-14-12-29)19-5-8-23(27)9-6-19/h3-10,15-16,18,25H,11-14,17H2,1-2H3,(H,28,30)/t18-,25-/m0/s1. The second-order valence-corrected chi connectivity index (χ2v) is 8.16. The molecule has 1 N–H and O–H groups in total. The van der Waals surface area contributed by atoms with E-state index in [-0.39, 0.29) is 23.7 Å². The summed E-state index contributed by atoms with van der Waals surface area (Å²) >= 11 is 0. The van der Waals surface area contributed by atoms with Gasteiger partial charge in [0.1, 0.15) is 11.6 Å². The Morgan fingerprint density at radius 3 is 2.41 bits per heavy atom. The predicted octanol–water partition coefficient (Wildman–Crippen LogP) is 4.28. The number of nitrogens with zero attached hydrogens (tertiary/aromatic N) is 1. The number of hydrogen-bond acceptors (Lipinski definition) is 4. The summed E-state index contributed by atoms with van der Waals surface area (Å²) in [5.74, 6) is 0.227. The average molecular weight is 437 g/mol. The fourth-order valence-electron chi connectivity index (χ4n) is 4.17. The van der Waals surface area contributed by atoms with Crippen LogP contribution in [0.2, 0.25) is 0 Å². The highest BCUT2D eigenvalue weighted by Crippen LogP contribution is 2.26.